The number of benzene rings is 2. The van der Waals surface area contributed by atoms with Crippen molar-refractivity contribution >= 4 is 11.6 Å². The van der Waals surface area contributed by atoms with E-state index in [9.17, 15) is 25.5 Å². The van der Waals surface area contributed by atoms with E-state index >= 15 is 0 Å². The first-order valence-electron chi connectivity index (χ1n) is 10.3. The van der Waals surface area contributed by atoms with Crippen molar-refractivity contribution in [1.29, 1.82) is 0 Å². The van der Waals surface area contributed by atoms with Crippen LogP contribution < -0.4 is 4.74 Å². The lowest BCUT2D eigenvalue weighted by molar-refractivity contribution is -0.231. The Hall–Kier alpha value is -1.75. The number of hydrogen-bond donors (Lipinski definition) is 5. The van der Waals surface area contributed by atoms with E-state index in [0.29, 0.717) is 22.8 Å². The molecule has 0 bridgehead atoms. The Morgan fingerprint density at radius 1 is 1.00 bits per heavy atom. The van der Waals surface area contributed by atoms with Gasteiger partial charge in [0, 0.05) is 12.1 Å². The summed E-state index contributed by atoms with van der Waals surface area (Å²) in [5, 5.41) is 50.1. The van der Waals surface area contributed by atoms with Crippen molar-refractivity contribution in [2.24, 2.45) is 0 Å². The Morgan fingerprint density at radius 2 is 1.72 bits per heavy atom. The van der Waals surface area contributed by atoms with Gasteiger partial charge in [-0.2, -0.15) is 0 Å². The Labute approximate surface area is 191 Å². The Balaban J connectivity index is 1.71. The highest BCUT2D eigenvalue weighted by atomic mass is 35.5. The number of hydrogen-bond acceptors (Lipinski definition) is 8. The van der Waals surface area contributed by atoms with E-state index < -0.39 is 43.2 Å². The van der Waals surface area contributed by atoms with Gasteiger partial charge in [-0.3, -0.25) is 0 Å². The molecule has 5 N–H and O–H groups in total. The molecule has 0 amide bonds. The fourth-order valence-electron chi connectivity index (χ4n) is 3.64. The van der Waals surface area contributed by atoms with E-state index in [-0.39, 0.29) is 13.2 Å². The first-order valence-corrected chi connectivity index (χ1v) is 10.7. The van der Waals surface area contributed by atoms with Gasteiger partial charge in [-0.25, -0.2) is 0 Å². The predicted octanol–water partition coefficient (Wildman–Crippen LogP) is 0.832. The van der Waals surface area contributed by atoms with Crippen LogP contribution in [0.4, 0.5) is 0 Å². The minimum atomic E-state index is -1.44. The third kappa shape index (κ3) is 5.98. The minimum Gasteiger partial charge on any atom is -0.491 e. The van der Waals surface area contributed by atoms with Crippen LogP contribution >= 0.6 is 11.6 Å². The van der Waals surface area contributed by atoms with Crippen LogP contribution in [-0.2, 0) is 15.9 Å². The molecule has 9 heteroatoms. The molecule has 1 heterocycles. The Bertz CT molecular complexity index is 860. The topological polar surface area (TPSA) is 129 Å². The summed E-state index contributed by atoms with van der Waals surface area (Å²) in [5.74, 6) is 0.616. The van der Waals surface area contributed by atoms with E-state index in [0.717, 1.165) is 11.1 Å². The van der Waals surface area contributed by atoms with Gasteiger partial charge < -0.3 is 39.7 Å². The van der Waals surface area contributed by atoms with Crippen molar-refractivity contribution in [2.45, 2.75) is 43.0 Å². The van der Waals surface area contributed by atoms with Crippen molar-refractivity contribution in [3.8, 4) is 5.75 Å². The highest BCUT2D eigenvalue weighted by Crippen LogP contribution is 2.34. The summed E-state index contributed by atoms with van der Waals surface area (Å²) in [6, 6.07) is 12.5. The van der Waals surface area contributed by atoms with E-state index in [1.807, 2.05) is 12.1 Å². The molecule has 3 rings (SSSR count). The summed E-state index contributed by atoms with van der Waals surface area (Å²) in [6.07, 6.45) is -6.32. The standard InChI is InChI=1S/C23H29ClO8/c1-30-11-16(26)12-31-17-5-2-13(3-6-17)8-15-9-14(4-7-18(15)24)23-22(29)21(28)20(27)19(10-25)32-23/h2-7,9,16,19-23,25-29H,8,10-12H2,1H3/t16-,19-,20-,21+,22-,23+/m1/s1. The predicted molar refractivity (Wildman–Crippen MR) is 117 cm³/mol. The maximum absolute atomic E-state index is 10.4. The van der Waals surface area contributed by atoms with Gasteiger partial charge in [0.2, 0.25) is 0 Å². The number of ether oxygens (including phenoxy) is 3. The van der Waals surface area contributed by atoms with Crippen LogP contribution in [0.2, 0.25) is 5.02 Å². The normalized spacial score (nSPS) is 26.7. The minimum absolute atomic E-state index is 0.125. The van der Waals surface area contributed by atoms with Crippen LogP contribution in [0.1, 0.15) is 22.8 Å². The van der Waals surface area contributed by atoms with Gasteiger partial charge in [0.05, 0.1) is 13.2 Å². The first-order chi connectivity index (χ1) is 15.3. The van der Waals surface area contributed by atoms with Gasteiger partial charge in [0.25, 0.3) is 0 Å². The SMILES string of the molecule is COC[C@@H](O)COc1ccc(Cc2cc([C@@H]3O[C@H](CO)[C@@H](O)[C@H](O)[C@H]3O)ccc2Cl)cc1. The molecule has 0 spiro atoms. The highest BCUT2D eigenvalue weighted by molar-refractivity contribution is 6.31. The van der Waals surface area contributed by atoms with Crippen LogP contribution in [0.5, 0.6) is 5.75 Å². The molecule has 6 atom stereocenters. The van der Waals surface area contributed by atoms with Gasteiger partial charge in [-0.05, 0) is 41.3 Å². The van der Waals surface area contributed by atoms with Crippen molar-refractivity contribution in [2.75, 3.05) is 26.9 Å². The smallest absolute Gasteiger partial charge is 0.119 e. The summed E-state index contributed by atoms with van der Waals surface area (Å²) in [7, 11) is 1.51. The second-order valence-electron chi connectivity index (χ2n) is 7.84. The van der Waals surface area contributed by atoms with Crippen molar-refractivity contribution in [3.63, 3.8) is 0 Å². The average molecular weight is 469 g/mol. The number of halogens is 1. The summed E-state index contributed by atoms with van der Waals surface area (Å²) in [4.78, 5) is 0. The second-order valence-corrected chi connectivity index (χ2v) is 8.25. The molecule has 1 aliphatic heterocycles. The molecule has 0 radical (unpaired) electrons. The average Bonchev–Trinajstić information content (AvgIpc) is 2.79. The van der Waals surface area contributed by atoms with Crippen LogP contribution in [0.25, 0.3) is 0 Å². The zero-order chi connectivity index (χ0) is 23.3. The number of methoxy groups -OCH3 is 1. The third-order valence-corrected chi connectivity index (χ3v) is 5.78. The largest absolute Gasteiger partial charge is 0.491 e. The number of rotatable bonds is 9. The quantitative estimate of drug-likeness (QED) is 0.366. The van der Waals surface area contributed by atoms with Crippen molar-refractivity contribution in [1.82, 2.24) is 0 Å². The van der Waals surface area contributed by atoms with Gasteiger partial charge >= 0.3 is 0 Å². The molecule has 0 aromatic heterocycles. The Kier molecular flexibility index (Phi) is 8.87. The van der Waals surface area contributed by atoms with Gasteiger partial charge in [-0.15, -0.1) is 0 Å². The fraction of sp³-hybridized carbons (Fsp3) is 0.478. The molecule has 2 aromatic rings. The highest BCUT2D eigenvalue weighted by Gasteiger charge is 2.44. The second kappa shape index (κ2) is 11.4. The van der Waals surface area contributed by atoms with Crippen LogP contribution in [-0.4, -0.2) is 83.0 Å². The maximum atomic E-state index is 10.4. The zero-order valence-electron chi connectivity index (χ0n) is 17.7. The number of aliphatic hydroxyl groups is 5. The lowest BCUT2D eigenvalue weighted by Crippen LogP contribution is -2.55. The molecule has 0 saturated carbocycles. The summed E-state index contributed by atoms with van der Waals surface area (Å²) >= 11 is 6.38. The Morgan fingerprint density at radius 3 is 2.38 bits per heavy atom. The van der Waals surface area contributed by atoms with Crippen LogP contribution in [0, 0.1) is 0 Å². The molecule has 176 valence electrons. The molecular weight excluding hydrogens is 440 g/mol. The van der Waals surface area contributed by atoms with Crippen molar-refractivity contribution in [3.05, 3.63) is 64.2 Å². The van der Waals surface area contributed by atoms with Gasteiger partial charge in [-0.1, -0.05) is 35.9 Å². The van der Waals surface area contributed by atoms with Gasteiger partial charge in [0.15, 0.2) is 0 Å². The van der Waals surface area contributed by atoms with Crippen LogP contribution in [0.3, 0.4) is 0 Å². The molecule has 32 heavy (non-hydrogen) atoms. The van der Waals surface area contributed by atoms with Gasteiger partial charge in [0.1, 0.15) is 49.0 Å². The number of aliphatic hydroxyl groups excluding tert-OH is 5. The first kappa shape index (κ1) is 24.9. The molecule has 2 aromatic carbocycles. The molecule has 8 nitrogen and oxygen atoms in total. The molecule has 1 aliphatic rings. The van der Waals surface area contributed by atoms with E-state index in [2.05, 4.69) is 0 Å². The fourth-order valence-corrected chi connectivity index (χ4v) is 3.82. The summed E-state index contributed by atoms with van der Waals surface area (Å²) < 4.78 is 16.0. The molecule has 0 unspecified atom stereocenters. The summed E-state index contributed by atoms with van der Waals surface area (Å²) in [6.45, 7) is -0.166. The molecule has 0 aliphatic carbocycles. The summed E-state index contributed by atoms with van der Waals surface area (Å²) in [5.41, 5.74) is 2.32. The van der Waals surface area contributed by atoms with Crippen LogP contribution in [0.15, 0.2) is 42.5 Å². The van der Waals surface area contributed by atoms with Crippen molar-refractivity contribution < 1.29 is 39.7 Å². The molecule has 1 saturated heterocycles. The van der Waals surface area contributed by atoms with E-state index in [4.69, 9.17) is 25.8 Å². The lowest BCUT2D eigenvalue weighted by Gasteiger charge is -2.40. The van der Waals surface area contributed by atoms with E-state index in [1.165, 1.54) is 7.11 Å². The van der Waals surface area contributed by atoms with E-state index in [1.54, 1.807) is 30.3 Å². The molecular formula is C23H29ClO8. The zero-order valence-corrected chi connectivity index (χ0v) is 18.4. The monoisotopic (exact) mass is 468 g/mol. The lowest BCUT2D eigenvalue weighted by atomic mass is 9.90. The maximum Gasteiger partial charge on any atom is 0.119 e. The molecule has 1 fully saturated rings. The third-order valence-electron chi connectivity index (χ3n) is 5.41.